The molecule has 0 bridgehead atoms. The van der Waals surface area contributed by atoms with E-state index in [-0.39, 0.29) is 18.1 Å². The first-order chi connectivity index (χ1) is 8.56. The van der Waals surface area contributed by atoms with Crippen LogP contribution in [-0.2, 0) is 11.2 Å². The van der Waals surface area contributed by atoms with Crippen molar-refractivity contribution in [2.24, 2.45) is 0 Å². The van der Waals surface area contributed by atoms with Crippen molar-refractivity contribution in [3.8, 4) is 11.1 Å². The number of nitrogens with two attached hydrogens (primary N) is 1. The lowest BCUT2D eigenvalue weighted by Crippen LogP contribution is -2.06. The number of carbonyl (C=O) groups is 1. The van der Waals surface area contributed by atoms with Crippen LogP contribution in [0.3, 0.4) is 0 Å². The van der Waals surface area contributed by atoms with Crippen LogP contribution in [-0.4, -0.2) is 16.1 Å². The fourth-order valence-electron chi connectivity index (χ4n) is 1.72. The molecule has 0 aliphatic heterocycles. The Balaban J connectivity index is 2.52. The number of benzene rings is 1. The maximum Gasteiger partial charge on any atom is 0.309 e. The van der Waals surface area contributed by atoms with Gasteiger partial charge in [0.15, 0.2) is 0 Å². The van der Waals surface area contributed by atoms with Crippen molar-refractivity contribution in [3.05, 3.63) is 47.9 Å². The molecule has 0 amide bonds. The summed E-state index contributed by atoms with van der Waals surface area (Å²) in [4.78, 5) is 14.8. The molecule has 1 aromatic carbocycles. The quantitative estimate of drug-likeness (QED) is 0.869. The molecule has 0 aliphatic carbocycles. The van der Waals surface area contributed by atoms with E-state index in [0.29, 0.717) is 16.8 Å². The molecule has 4 nitrogen and oxygen atoms in total. The minimum absolute atomic E-state index is 0.242. The number of pyridine rings is 1. The first-order valence-electron chi connectivity index (χ1n) is 5.29. The Hall–Kier alpha value is -2.43. The van der Waals surface area contributed by atoms with Crippen LogP contribution in [0.5, 0.6) is 0 Å². The third-order valence-corrected chi connectivity index (χ3v) is 2.45. The van der Waals surface area contributed by atoms with Crippen LogP contribution in [0.1, 0.15) is 5.69 Å². The summed E-state index contributed by atoms with van der Waals surface area (Å²) in [6.07, 6.45) is -0.253. The minimum Gasteiger partial charge on any atom is -0.481 e. The molecule has 18 heavy (non-hydrogen) atoms. The van der Waals surface area contributed by atoms with Gasteiger partial charge in [-0.3, -0.25) is 4.79 Å². The second-order valence-electron chi connectivity index (χ2n) is 3.81. The Morgan fingerprint density at radius 3 is 2.78 bits per heavy atom. The molecule has 0 unspecified atom stereocenters. The molecule has 2 rings (SSSR count). The number of carboxylic acids is 1. The molecule has 92 valence electrons. The van der Waals surface area contributed by atoms with Gasteiger partial charge < -0.3 is 10.8 Å². The van der Waals surface area contributed by atoms with Crippen LogP contribution in [0.25, 0.3) is 11.1 Å². The van der Waals surface area contributed by atoms with Crippen molar-refractivity contribution in [3.63, 3.8) is 0 Å². The fraction of sp³-hybridized carbons (Fsp3) is 0.0769. The monoisotopic (exact) mass is 246 g/mol. The predicted molar refractivity (Wildman–Crippen MR) is 65.4 cm³/mol. The SMILES string of the molecule is Nc1ccc(-c2cccc(F)c2)c(CC(=O)O)n1. The number of anilines is 1. The molecule has 0 atom stereocenters. The third-order valence-electron chi connectivity index (χ3n) is 2.45. The van der Waals surface area contributed by atoms with E-state index in [1.54, 1.807) is 24.3 Å². The van der Waals surface area contributed by atoms with Crippen LogP contribution in [0.2, 0.25) is 0 Å². The van der Waals surface area contributed by atoms with Crippen LogP contribution < -0.4 is 5.73 Å². The van der Waals surface area contributed by atoms with Gasteiger partial charge in [-0.25, -0.2) is 9.37 Å². The van der Waals surface area contributed by atoms with Gasteiger partial charge >= 0.3 is 5.97 Å². The maximum absolute atomic E-state index is 13.2. The van der Waals surface area contributed by atoms with E-state index in [1.165, 1.54) is 12.1 Å². The second kappa shape index (κ2) is 4.83. The van der Waals surface area contributed by atoms with Crippen LogP contribution >= 0.6 is 0 Å². The van der Waals surface area contributed by atoms with E-state index in [1.807, 2.05) is 0 Å². The molecule has 1 aromatic heterocycles. The zero-order chi connectivity index (χ0) is 13.1. The van der Waals surface area contributed by atoms with E-state index in [4.69, 9.17) is 10.8 Å². The topological polar surface area (TPSA) is 76.2 Å². The predicted octanol–water partition coefficient (Wildman–Crippen LogP) is 2.10. The molecule has 0 fully saturated rings. The summed E-state index contributed by atoms with van der Waals surface area (Å²) in [7, 11) is 0. The van der Waals surface area contributed by atoms with Crippen LogP contribution in [0, 0.1) is 5.82 Å². The number of halogens is 1. The number of hydrogen-bond acceptors (Lipinski definition) is 3. The van der Waals surface area contributed by atoms with Gasteiger partial charge in [0, 0.05) is 5.56 Å². The van der Waals surface area contributed by atoms with E-state index in [2.05, 4.69) is 4.98 Å². The first kappa shape index (κ1) is 12.0. The number of carboxylic acid groups (broad SMARTS) is 1. The van der Waals surface area contributed by atoms with E-state index in [0.717, 1.165) is 0 Å². The molecule has 0 spiro atoms. The molecular formula is C13H11FN2O2. The summed E-state index contributed by atoms with van der Waals surface area (Å²) in [6.45, 7) is 0. The van der Waals surface area contributed by atoms with Gasteiger partial charge in [-0.1, -0.05) is 12.1 Å². The number of nitrogen functional groups attached to an aromatic ring is 1. The summed E-state index contributed by atoms with van der Waals surface area (Å²) < 4.78 is 13.2. The van der Waals surface area contributed by atoms with Crippen molar-refractivity contribution in [1.82, 2.24) is 4.98 Å². The summed E-state index contributed by atoms with van der Waals surface area (Å²) in [5.41, 5.74) is 7.02. The smallest absolute Gasteiger partial charge is 0.309 e. The lowest BCUT2D eigenvalue weighted by molar-refractivity contribution is -0.136. The highest BCUT2D eigenvalue weighted by molar-refractivity contribution is 5.76. The average Bonchev–Trinajstić information content (AvgIpc) is 2.28. The average molecular weight is 246 g/mol. The number of hydrogen-bond donors (Lipinski definition) is 2. The third kappa shape index (κ3) is 2.63. The normalized spacial score (nSPS) is 10.3. The van der Waals surface area contributed by atoms with Gasteiger partial charge in [-0.2, -0.15) is 0 Å². The Labute approximate surface area is 103 Å². The number of nitrogens with zero attached hydrogens (tertiary/aromatic N) is 1. The van der Waals surface area contributed by atoms with Gasteiger partial charge in [-0.05, 0) is 29.8 Å². The highest BCUT2D eigenvalue weighted by Gasteiger charge is 2.11. The van der Waals surface area contributed by atoms with E-state index in [9.17, 15) is 9.18 Å². The molecule has 0 saturated heterocycles. The standard InChI is InChI=1S/C13H11FN2O2/c14-9-3-1-2-8(6-9)10-4-5-12(15)16-11(10)7-13(17)18/h1-6H,7H2,(H2,15,16)(H,17,18). The largest absolute Gasteiger partial charge is 0.481 e. The lowest BCUT2D eigenvalue weighted by atomic mass is 10.0. The van der Waals surface area contributed by atoms with Gasteiger partial charge in [0.2, 0.25) is 0 Å². The summed E-state index contributed by atoms with van der Waals surface area (Å²) in [5, 5.41) is 8.83. The highest BCUT2D eigenvalue weighted by atomic mass is 19.1. The van der Waals surface area contributed by atoms with Crippen LogP contribution in [0.4, 0.5) is 10.2 Å². The summed E-state index contributed by atoms with van der Waals surface area (Å²) in [6, 6.07) is 9.12. The molecule has 5 heteroatoms. The van der Waals surface area contributed by atoms with Gasteiger partial charge in [0.05, 0.1) is 12.1 Å². The van der Waals surface area contributed by atoms with E-state index >= 15 is 0 Å². The maximum atomic E-state index is 13.2. The molecule has 0 saturated carbocycles. The summed E-state index contributed by atoms with van der Waals surface area (Å²) >= 11 is 0. The van der Waals surface area contributed by atoms with Crippen LogP contribution in [0.15, 0.2) is 36.4 Å². The molecule has 3 N–H and O–H groups in total. The fourth-order valence-corrected chi connectivity index (χ4v) is 1.72. The second-order valence-corrected chi connectivity index (χ2v) is 3.81. The molecular weight excluding hydrogens is 235 g/mol. The van der Waals surface area contributed by atoms with Gasteiger partial charge in [0.1, 0.15) is 11.6 Å². The lowest BCUT2D eigenvalue weighted by Gasteiger charge is -2.08. The number of aliphatic carboxylic acids is 1. The van der Waals surface area contributed by atoms with Gasteiger partial charge in [-0.15, -0.1) is 0 Å². The zero-order valence-electron chi connectivity index (χ0n) is 9.43. The summed E-state index contributed by atoms with van der Waals surface area (Å²) in [5.74, 6) is -1.15. The highest BCUT2D eigenvalue weighted by Crippen LogP contribution is 2.24. The van der Waals surface area contributed by atoms with Crippen molar-refractivity contribution in [1.29, 1.82) is 0 Å². The van der Waals surface area contributed by atoms with Crippen molar-refractivity contribution >= 4 is 11.8 Å². The van der Waals surface area contributed by atoms with Crippen molar-refractivity contribution < 1.29 is 14.3 Å². The zero-order valence-corrected chi connectivity index (χ0v) is 9.43. The Kier molecular flexibility index (Phi) is 3.23. The van der Waals surface area contributed by atoms with Crippen molar-refractivity contribution in [2.75, 3.05) is 5.73 Å². The number of aromatic nitrogens is 1. The molecule has 0 radical (unpaired) electrons. The van der Waals surface area contributed by atoms with Gasteiger partial charge in [0.25, 0.3) is 0 Å². The first-order valence-corrected chi connectivity index (χ1v) is 5.29. The van der Waals surface area contributed by atoms with E-state index < -0.39 is 5.97 Å². The number of rotatable bonds is 3. The van der Waals surface area contributed by atoms with Crippen molar-refractivity contribution in [2.45, 2.75) is 6.42 Å². The Morgan fingerprint density at radius 1 is 1.33 bits per heavy atom. The Bertz CT molecular complexity index is 599. The Morgan fingerprint density at radius 2 is 2.11 bits per heavy atom. The minimum atomic E-state index is -1.01. The molecule has 1 heterocycles. The molecule has 2 aromatic rings. The molecule has 0 aliphatic rings.